The van der Waals surface area contributed by atoms with Gasteiger partial charge in [-0.3, -0.25) is 9.59 Å². The Morgan fingerprint density at radius 3 is 2.24 bits per heavy atom. The fraction of sp³-hybridized carbons (Fsp3) is 0.905. The van der Waals surface area contributed by atoms with Gasteiger partial charge in [0.25, 0.3) is 0 Å². The van der Waals surface area contributed by atoms with Crippen LogP contribution in [0, 0.1) is 23.7 Å². The van der Waals surface area contributed by atoms with E-state index in [1.807, 2.05) is 0 Å². The number of ketones is 1. The molecule has 3 aliphatic carbocycles. The van der Waals surface area contributed by atoms with Gasteiger partial charge < -0.3 is 4.90 Å². The molecule has 4 unspecified atom stereocenters. The average molecular weight is 438 g/mol. The Bertz CT molecular complexity index is 658. The highest BCUT2D eigenvalue weighted by molar-refractivity contribution is 6.20. The first kappa shape index (κ1) is 21.4. The van der Waals surface area contributed by atoms with Gasteiger partial charge in [-0.15, -0.1) is 11.6 Å². The summed E-state index contributed by atoms with van der Waals surface area (Å²) < 4.78 is 53.3. The fourth-order valence-electron chi connectivity index (χ4n) is 5.84. The lowest BCUT2D eigenvalue weighted by atomic mass is 9.71. The normalized spacial score (nSPS) is 40.4. The third-order valence-corrected chi connectivity index (χ3v) is 8.15. The number of piperidine rings is 1. The van der Waals surface area contributed by atoms with Crippen LogP contribution in [0.1, 0.15) is 64.2 Å². The second-order valence-electron chi connectivity index (χ2n) is 9.56. The Labute approximate surface area is 173 Å². The standard InChI is InChI=1S/C21H28ClF4NO2/c22-14-5-6-15(17(23)9-14)16-10-18(28)27(20(7-8-20)19(16)29)11-12-1-3-13(4-2-12)21(24,25)26/h12-17H,1-11H2. The summed E-state index contributed by atoms with van der Waals surface area (Å²) in [5, 5.41) is -0.214. The van der Waals surface area contributed by atoms with Crippen LogP contribution in [0.5, 0.6) is 0 Å². The number of hydrogen-bond acceptors (Lipinski definition) is 2. The lowest BCUT2D eigenvalue weighted by Crippen LogP contribution is -2.58. The summed E-state index contributed by atoms with van der Waals surface area (Å²) in [5.41, 5.74) is -0.821. The molecule has 0 aromatic carbocycles. The van der Waals surface area contributed by atoms with Crippen molar-refractivity contribution in [1.82, 2.24) is 4.90 Å². The predicted molar refractivity (Wildman–Crippen MR) is 100 cm³/mol. The van der Waals surface area contributed by atoms with Crippen molar-refractivity contribution in [3.63, 3.8) is 0 Å². The molecule has 0 radical (unpaired) electrons. The number of Topliss-reactive ketones (excluding diaryl/α,β-unsaturated/α-hetero) is 1. The summed E-state index contributed by atoms with van der Waals surface area (Å²) in [6.07, 6.45) is -1.68. The molecule has 1 saturated heterocycles. The highest BCUT2D eigenvalue weighted by atomic mass is 35.5. The van der Waals surface area contributed by atoms with Crippen LogP contribution in [0.4, 0.5) is 17.6 Å². The van der Waals surface area contributed by atoms with Gasteiger partial charge in [0.1, 0.15) is 11.7 Å². The smallest absolute Gasteiger partial charge is 0.330 e. The van der Waals surface area contributed by atoms with Crippen LogP contribution in [0.3, 0.4) is 0 Å². The maximum Gasteiger partial charge on any atom is 0.391 e. The SMILES string of the molecule is O=C1CC(C2CCC(Cl)CC2F)C(=O)C2(CC2)N1CC1CCC(C(F)(F)F)CC1. The zero-order valence-electron chi connectivity index (χ0n) is 16.4. The lowest BCUT2D eigenvalue weighted by molar-refractivity contribution is -0.184. The van der Waals surface area contributed by atoms with Crippen molar-refractivity contribution >= 4 is 23.3 Å². The highest BCUT2D eigenvalue weighted by Crippen LogP contribution is 2.52. The summed E-state index contributed by atoms with van der Waals surface area (Å²) in [4.78, 5) is 27.9. The van der Waals surface area contributed by atoms with E-state index in [4.69, 9.17) is 11.6 Å². The van der Waals surface area contributed by atoms with E-state index in [1.54, 1.807) is 4.90 Å². The monoisotopic (exact) mass is 437 g/mol. The zero-order chi connectivity index (χ0) is 21.0. The van der Waals surface area contributed by atoms with E-state index in [0.29, 0.717) is 45.1 Å². The van der Waals surface area contributed by atoms with Gasteiger partial charge in [0.2, 0.25) is 5.91 Å². The maximum atomic E-state index is 14.6. The van der Waals surface area contributed by atoms with Crippen molar-refractivity contribution in [2.24, 2.45) is 23.7 Å². The number of halogens is 5. The predicted octanol–water partition coefficient (Wildman–Crippen LogP) is 5.05. The number of likely N-dealkylation sites (tertiary alicyclic amines) is 1. The molecule has 1 spiro atoms. The Morgan fingerprint density at radius 1 is 1.03 bits per heavy atom. The van der Waals surface area contributed by atoms with Crippen molar-refractivity contribution in [3.05, 3.63) is 0 Å². The molecule has 0 N–H and O–H groups in total. The topological polar surface area (TPSA) is 37.4 Å². The molecule has 1 heterocycles. The summed E-state index contributed by atoms with van der Waals surface area (Å²) in [6, 6.07) is 0. The molecule has 29 heavy (non-hydrogen) atoms. The van der Waals surface area contributed by atoms with Crippen LogP contribution >= 0.6 is 11.6 Å². The van der Waals surface area contributed by atoms with Gasteiger partial charge in [-0.1, -0.05) is 0 Å². The molecular formula is C21H28ClF4NO2. The number of nitrogens with zero attached hydrogens (tertiary/aromatic N) is 1. The molecule has 0 aromatic heterocycles. The van der Waals surface area contributed by atoms with Crippen molar-refractivity contribution in [2.45, 2.75) is 87.5 Å². The van der Waals surface area contributed by atoms with E-state index in [0.717, 1.165) is 0 Å². The van der Waals surface area contributed by atoms with Gasteiger partial charge in [-0.2, -0.15) is 13.2 Å². The molecule has 0 aromatic rings. The maximum absolute atomic E-state index is 14.6. The molecule has 1 aliphatic heterocycles. The Balaban J connectivity index is 1.41. The number of carbonyl (C=O) groups is 2. The number of carbonyl (C=O) groups excluding carboxylic acids is 2. The van der Waals surface area contributed by atoms with Gasteiger partial charge in [-0.05, 0) is 63.7 Å². The first-order valence-corrected chi connectivity index (χ1v) is 11.2. The van der Waals surface area contributed by atoms with Crippen LogP contribution in [0.15, 0.2) is 0 Å². The summed E-state index contributed by atoms with van der Waals surface area (Å²) in [7, 11) is 0. The molecule has 3 nitrogen and oxygen atoms in total. The quantitative estimate of drug-likeness (QED) is 0.457. The van der Waals surface area contributed by atoms with E-state index >= 15 is 0 Å². The second kappa shape index (κ2) is 7.69. The number of alkyl halides is 5. The summed E-state index contributed by atoms with van der Waals surface area (Å²) in [5.74, 6) is -2.44. The fourth-order valence-corrected chi connectivity index (χ4v) is 6.14. The first-order chi connectivity index (χ1) is 13.6. The van der Waals surface area contributed by atoms with Crippen LogP contribution in [-0.2, 0) is 9.59 Å². The van der Waals surface area contributed by atoms with Gasteiger partial charge in [0.05, 0.1) is 5.92 Å². The summed E-state index contributed by atoms with van der Waals surface area (Å²) in [6.45, 7) is 0.356. The minimum absolute atomic E-state index is 0.0000132. The zero-order valence-corrected chi connectivity index (χ0v) is 17.2. The highest BCUT2D eigenvalue weighted by Gasteiger charge is 2.62. The van der Waals surface area contributed by atoms with Crippen molar-refractivity contribution in [1.29, 1.82) is 0 Å². The molecule has 8 heteroatoms. The van der Waals surface area contributed by atoms with Gasteiger partial charge >= 0.3 is 6.18 Å². The van der Waals surface area contributed by atoms with E-state index < -0.39 is 35.6 Å². The second-order valence-corrected chi connectivity index (χ2v) is 10.2. The molecule has 3 saturated carbocycles. The average Bonchev–Trinajstić information content (AvgIpc) is 3.44. The van der Waals surface area contributed by atoms with Crippen molar-refractivity contribution in [3.8, 4) is 0 Å². The molecule has 0 bridgehead atoms. The van der Waals surface area contributed by atoms with E-state index in [9.17, 15) is 27.2 Å². The Hall–Kier alpha value is -0.850. The van der Waals surface area contributed by atoms with Gasteiger partial charge in [0.15, 0.2) is 5.78 Å². The van der Waals surface area contributed by atoms with Crippen LogP contribution in [0.25, 0.3) is 0 Å². The van der Waals surface area contributed by atoms with Gasteiger partial charge in [0, 0.05) is 30.2 Å². The van der Waals surface area contributed by atoms with Crippen LogP contribution in [0.2, 0.25) is 0 Å². The molecular weight excluding hydrogens is 410 g/mol. The van der Waals surface area contributed by atoms with Crippen molar-refractivity contribution in [2.75, 3.05) is 6.54 Å². The Morgan fingerprint density at radius 2 is 1.69 bits per heavy atom. The summed E-state index contributed by atoms with van der Waals surface area (Å²) >= 11 is 6.05. The molecule has 4 atom stereocenters. The molecule has 164 valence electrons. The third kappa shape index (κ3) is 4.05. The lowest BCUT2D eigenvalue weighted by Gasteiger charge is -2.45. The van der Waals surface area contributed by atoms with Crippen LogP contribution < -0.4 is 0 Å². The van der Waals surface area contributed by atoms with E-state index in [2.05, 4.69) is 0 Å². The number of amides is 1. The van der Waals surface area contributed by atoms with Gasteiger partial charge in [-0.25, -0.2) is 4.39 Å². The Kier molecular flexibility index (Phi) is 5.67. The molecule has 4 rings (SSSR count). The van der Waals surface area contributed by atoms with Crippen LogP contribution in [-0.4, -0.2) is 46.4 Å². The third-order valence-electron chi connectivity index (χ3n) is 7.76. The molecule has 4 fully saturated rings. The van der Waals surface area contributed by atoms with Crippen molar-refractivity contribution < 1.29 is 27.2 Å². The number of rotatable bonds is 3. The minimum Gasteiger partial charge on any atom is -0.330 e. The van der Waals surface area contributed by atoms with E-state index in [1.165, 1.54) is 0 Å². The van der Waals surface area contributed by atoms with E-state index in [-0.39, 0.29) is 48.7 Å². The molecule has 4 aliphatic rings. The number of hydrogen-bond donors (Lipinski definition) is 0. The minimum atomic E-state index is -4.16. The first-order valence-electron chi connectivity index (χ1n) is 10.8. The largest absolute Gasteiger partial charge is 0.391 e. The molecule has 1 amide bonds.